The Morgan fingerprint density at radius 1 is 0.865 bits per heavy atom. The molecule has 0 bridgehead atoms. The summed E-state index contributed by atoms with van der Waals surface area (Å²) in [6.07, 6.45) is 0.388. The van der Waals surface area contributed by atoms with Crippen LogP contribution in [0.5, 0.6) is 0 Å². The van der Waals surface area contributed by atoms with Crippen LogP contribution in [0.15, 0.2) is 83.8 Å². The fourth-order valence-corrected chi connectivity index (χ4v) is 5.56. The lowest BCUT2D eigenvalue weighted by Crippen LogP contribution is -2.52. The van der Waals surface area contributed by atoms with Gasteiger partial charge in [-0.25, -0.2) is 8.42 Å². The molecule has 37 heavy (non-hydrogen) atoms. The van der Waals surface area contributed by atoms with E-state index in [0.29, 0.717) is 18.7 Å². The number of hydrogen-bond donors (Lipinski definition) is 1. The third-order valence-corrected chi connectivity index (χ3v) is 8.06. The zero-order valence-corrected chi connectivity index (χ0v) is 22.7. The second-order valence-corrected chi connectivity index (χ2v) is 10.8. The maximum absolute atomic E-state index is 13.9. The molecular formula is C29H35N3O4S. The highest BCUT2D eigenvalue weighted by molar-refractivity contribution is 7.92. The number of carbonyl (C=O) groups excluding carboxylic acids is 2. The first kappa shape index (κ1) is 27.9. The molecule has 1 unspecified atom stereocenters. The number of nitrogens with zero attached hydrogens (tertiary/aromatic N) is 2. The number of rotatable bonds is 11. The van der Waals surface area contributed by atoms with Crippen LogP contribution in [0.25, 0.3) is 0 Å². The lowest BCUT2D eigenvalue weighted by Gasteiger charge is -2.33. The lowest BCUT2D eigenvalue weighted by molar-refractivity contribution is -0.140. The first-order valence-electron chi connectivity index (χ1n) is 12.4. The molecule has 3 aromatic carbocycles. The van der Waals surface area contributed by atoms with Crippen molar-refractivity contribution in [2.45, 2.75) is 51.6 Å². The molecule has 2 amide bonds. The average molecular weight is 522 g/mol. The molecule has 0 saturated heterocycles. The van der Waals surface area contributed by atoms with Crippen molar-refractivity contribution in [1.29, 1.82) is 0 Å². The van der Waals surface area contributed by atoms with E-state index in [1.807, 2.05) is 52.0 Å². The van der Waals surface area contributed by atoms with Gasteiger partial charge in [-0.15, -0.1) is 0 Å². The molecule has 0 spiro atoms. The Kier molecular flexibility index (Phi) is 9.47. The highest BCUT2D eigenvalue weighted by atomic mass is 32.2. The zero-order chi connectivity index (χ0) is 27.0. The summed E-state index contributed by atoms with van der Waals surface area (Å²) >= 11 is 0. The molecule has 0 aromatic heterocycles. The molecule has 3 rings (SSSR count). The topological polar surface area (TPSA) is 86.8 Å². The van der Waals surface area contributed by atoms with Gasteiger partial charge in [-0.05, 0) is 62.6 Å². The van der Waals surface area contributed by atoms with Gasteiger partial charge in [-0.3, -0.25) is 13.9 Å². The van der Waals surface area contributed by atoms with Crippen LogP contribution >= 0.6 is 0 Å². The van der Waals surface area contributed by atoms with Gasteiger partial charge in [-0.1, -0.05) is 67.1 Å². The van der Waals surface area contributed by atoms with E-state index < -0.39 is 28.5 Å². The fourth-order valence-electron chi connectivity index (χ4n) is 4.14. The lowest BCUT2D eigenvalue weighted by atomic mass is 10.1. The summed E-state index contributed by atoms with van der Waals surface area (Å²) in [5, 5.41) is 2.81. The van der Waals surface area contributed by atoms with Crippen molar-refractivity contribution in [3.05, 3.63) is 95.6 Å². The number of benzene rings is 3. The molecule has 7 nitrogen and oxygen atoms in total. The highest BCUT2D eigenvalue weighted by Gasteiger charge is 2.33. The largest absolute Gasteiger partial charge is 0.355 e. The van der Waals surface area contributed by atoms with Crippen LogP contribution in [0, 0.1) is 13.8 Å². The fraction of sp³-hybridized carbons (Fsp3) is 0.310. The molecule has 1 atom stereocenters. The first-order valence-corrected chi connectivity index (χ1v) is 13.9. The molecule has 0 aliphatic heterocycles. The van der Waals surface area contributed by atoms with Gasteiger partial charge in [0.1, 0.15) is 12.6 Å². The van der Waals surface area contributed by atoms with Crippen LogP contribution in [0.3, 0.4) is 0 Å². The molecular weight excluding hydrogens is 486 g/mol. The third kappa shape index (κ3) is 6.77. The number of carbonyl (C=O) groups is 2. The quantitative estimate of drug-likeness (QED) is 0.404. The normalized spacial score (nSPS) is 12.0. The molecule has 3 aromatic rings. The van der Waals surface area contributed by atoms with Crippen LogP contribution in [-0.2, 0) is 26.2 Å². The predicted octanol–water partition coefficient (Wildman–Crippen LogP) is 4.44. The van der Waals surface area contributed by atoms with Crippen LogP contribution in [0.2, 0.25) is 0 Å². The minimum Gasteiger partial charge on any atom is -0.355 e. The summed E-state index contributed by atoms with van der Waals surface area (Å²) < 4.78 is 28.7. The molecule has 0 aliphatic rings. The number of likely N-dealkylation sites (N-methyl/N-ethyl adjacent to an activating group) is 1. The SMILES string of the molecule is CCNC(=O)C(CC)N(Cc1ccccc1C)C(=O)CN(c1ccccc1)S(=O)(=O)c1ccc(C)cc1. The second kappa shape index (κ2) is 12.5. The molecule has 0 heterocycles. The Balaban J connectivity index is 2.04. The van der Waals surface area contributed by atoms with Crippen LogP contribution < -0.4 is 9.62 Å². The van der Waals surface area contributed by atoms with Crippen molar-refractivity contribution in [2.75, 3.05) is 17.4 Å². The molecule has 8 heteroatoms. The maximum Gasteiger partial charge on any atom is 0.264 e. The van der Waals surface area contributed by atoms with E-state index in [1.54, 1.807) is 54.6 Å². The molecule has 1 N–H and O–H groups in total. The summed E-state index contributed by atoms with van der Waals surface area (Å²) in [6, 6.07) is 22.0. The minimum atomic E-state index is -4.06. The zero-order valence-electron chi connectivity index (χ0n) is 21.8. The molecule has 0 aliphatic carbocycles. The number of anilines is 1. The number of aryl methyl sites for hydroxylation is 2. The van der Waals surface area contributed by atoms with Crippen LogP contribution in [-0.4, -0.2) is 44.3 Å². The minimum absolute atomic E-state index is 0.0935. The van der Waals surface area contributed by atoms with Crippen molar-refractivity contribution in [3.63, 3.8) is 0 Å². The third-order valence-electron chi connectivity index (χ3n) is 6.27. The Hall–Kier alpha value is -3.65. The number of amides is 2. The molecule has 196 valence electrons. The number of sulfonamides is 1. The molecule has 0 fully saturated rings. The Bertz CT molecular complexity index is 1310. The van der Waals surface area contributed by atoms with E-state index in [2.05, 4.69) is 5.32 Å². The van der Waals surface area contributed by atoms with Gasteiger partial charge in [0.05, 0.1) is 10.6 Å². The summed E-state index contributed by atoms with van der Waals surface area (Å²) in [5.41, 5.74) is 3.18. The Morgan fingerprint density at radius 2 is 1.49 bits per heavy atom. The predicted molar refractivity (Wildman–Crippen MR) is 147 cm³/mol. The van der Waals surface area contributed by atoms with E-state index in [9.17, 15) is 18.0 Å². The second-order valence-electron chi connectivity index (χ2n) is 8.93. The summed E-state index contributed by atoms with van der Waals surface area (Å²) in [7, 11) is -4.06. The number of nitrogens with one attached hydrogen (secondary N) is 1. The van der Waals surface area contributed by atoms with E-state index in [1.165, 1.54) is 4.90 Å². The summed E-state index contributed by atoms with van der Waals surface area (Å²) in [5.74, 6) is -0.722. The van der Waals surface area contributed by atoms with Crippen molar-refractivity contribution in [3.8, 4) is 0 Å². The monoisotopic (exact) mass is 521 g/mol. The summed E-state index contributed by atoms with van der Waals surface area (Å²) in [6.45, 7) is 7.67. The van der Waals surface area contributed by atoms with Crippen molar-refractivity contribution in [1.82, 2.24) is 10.2 Å². The van der Waals surface area contributed by atoms with Gasteiger partial charge >= 0.3 is 0 Å². The maximum atomic E-state index is 13.9. The number of hydrogen-bond acceptors (Lipinski definition) is 4. The Morgan fingerprint density at radius 3 is 2.08 bits per heavy atom. The van der Waals surface area contributed by atoms with Crippen LogP contribution in [0.4, 0.5) is 5.69 Å². The van der Waals surface area contributed by atoms with Gasteiger partial charge in [0.25, 0.3) is 10.0 Å². The standard InChI is InChI=1S/C29H35N3O4S/c1-5-27(29(34)30-6-2)31(20-24-13-11-10-12-23(24)4)28(33)21-32(25-14-8-7-9-15-25)37(35,36)26-18-16-22(3)17-19-26/h7-19,27H,5-6,20-21H2,1-4H3,(H,30,34). The van der Waals surface area contributed by atoms with E-state index in [4.69, 9.17) is 0 Å². The van der Waals surface area contributed by atoms with E-state index in [0.717, 1.165) is 21.0 Å². The first-order chi connectivity index (χ1) is 17.7. The smallest absolute Gasteiger partial charge is 0.264 e. The van der Waals surface area contributed by atoms with Crippen LogP contribution in [0.1, 0.15) is 37.0 Å². The van der Waals surface area contributed by atoms with Gasteiger partial charge in [0, 0.05) is 13.1 Å². The van der Waals surface area contributed by atoms with Crippen molar-refractivity contribution < 1.29 is 18.0 Å². The van der Waals surface area contributed by atoms with Gasteiger partial charge in [0.2, 0.25) is 11.8 Å². The van der Waals surface area contributed by atoms with Gasteiger partial charge in [-0.2, -0.15) is 0 Å². The summed E-state index contributed by atoms with van der Waals surface area (Å²) in [4.78, 5) is 28.5. The van der Waals surface area contributed by atoms with Gasteiger partial charge in [0.15, 0.2) is 0 Å². The van der Waals surface area contributed by atoms with Gasteiger partial charge < -0.3 is 10.2 Å². The number of para-hydroxylation sites is 1. The van der Waals surface area contributed by atoms with Crippen molar-refractivity contribution in [2.24, 2.45) is 0 Å². The Labute approximate surface area is 220 Å². The molecule has 0 saturated carbocycles. The van der Waals surface area contributed by atoms with E-state index in [-0.39, 0.29) is 17.3 Å². The van der Waals surface area contributed by atoms with E-state index >= 15 is 0 Å². The molecule has 0 radical (unpaired) electrons. The van der Waals surface area contributed by atoms with Crippen molar-refractivity contribution >= 4 is 27.5 Å². The average Bonchev–Trinajstić information content (AvgIpc) is 2.89. The highest BCUT2D eigenvalue weighted by Crippen LogP contribution is 2.25.